The number of hydrogen-bond donors (Lipinski definition) is 2. The van der Waals surface area contributed by atoms with Crippen molar-refractivity contribution in [2.24, 2.45) is 0 Å². The van der Waals surface area contributed by atoms with Crippen LogP contribution in [0.4, 0.5) is 15.8 Å². The minimum atomic E-state index is -0.370. The molecule has 0 amide bonds. The molecule has 6 heteroatoms. The van der Waals surface area contributed by atoms with Crippen molar-refractivity contribution >= 4 is 38.2 Å². The van der Waals surface area contributed by atoms with Gasteiger partial charge in [0.05, 0.1) is 18.3 Å². The van der Waals surface area contributed by atoms with Gasteiger partial charge in [-0.25, -0.2) is 4.39 Å². The van der Waals surface area contributed by atoms with E-state index in [-0.39, 0.29) is 11.6 Å². The smallest absolute Gasteiger partial charge is 0.161 e. The lowest BCUT2D eigenvalue weighted by Crippen LogP contribution is -1.96. The van der Waals surface area contributed by atoms with Gasteiger partial charge in [0.2, 0.25) is 0 Å². The molecule has 0 aliphatic carbocycles. The summed E-state index contributed by atoms with van der Waals surface area (Å²) in [5.74, 6) is -0.0284. The van der Waals surface area contributed by atoms with Crippen molar-refractivity contribution in [3.8, 4) is 11.5 Å². The van der Waals surface area contributed by atoms with Crippen LogP contribution in [-0.4, -0.2) is 17.2 Å². The van der Waals surface area contributed by atoms with Gasteiger partial charge in [-0.15, -0.1) is 0 Å². The first-order valence-corrected chi connectivity index (χ1v) is 7.25. The van der Waals surface area contributed by atoms with E-state index in [1.165, 1.54) is 19.2 Å². The first-order valence-electron chi connectivity index (χ1n) is 6.46. The third-order valence-electron chi connectivity index (χ3n) is 3.24. The van der Waals surface area contributed by atoms with Gasteiger partial charge < -0.3 is 15.2 Å². The minimum Gasteiger partial charge on any atom is -0.504 e. The number of pyridine rings is 1. The predicted octanol–water partition coefficient (Wildman–Crippen LogP) is 4.59. The maximum Gasteiger partial charge on any atom is 0.161 e. The van der Waals surface area contributed by atoms with Crippen molar-refractivity contribution in [1.29, 1.82) is 0 Å². The average molecular weight is 363 g/mol. The van der Waals surface area contributed by atoms with E-state index in [0.717, 1.165) is 5.39 Å². The summed E-state index contributed by atoms with van der Waals surface area (Å²) in [5, 5.41) is 13.6. The quantitative estimate of drug-likeness (QED) is 0.715. The minimum absolute atomic E-state index is 0.00877. The van der Waals surface area contributed by atoms with E-state index in [1.54, 1.807) is 30.5 Å². The van der Waals surface area contributed by atoms with Crippen LogP contribution >= 0.6 is 15.9 Å². The summed E-state index contributed by atoms with van der Waals surface area (Å²) >= 11 is 3.23. The van der Waals surface area contributed by atoms with Gasteiger partial charge in [-0.1, -0.05) is 15.9 Å². The number of rotatable bonds is 3. The predicted molar refractivity (Wildman–Crippen MR) is 87.3 cm³/mol. The number of aromatic nitrogens is 1. The SMILES string of the molecule is COc1cc2c(Nc3ccc(Br)cc3F)ccnc2cc1O. The molecule has 3 aromatic rings. The maximum atomic E-state index is 14.0. The molecule has 3 rings (SSSR count). The molecule has 112 valence electrons. The molecule has 0 saturated heterocycles. The van der Waals surface area contributed by atoms with Gasteiger partial charge in [-0.2, -0.15) is 0 Å². The highest BCUT2D eigenvalue weighted by atomic mass is 79.9. The highest BCUT2D eigenvalue weighted by molar-refractivity contribution is 9.10. The lowest BCUT2D eigenvalue weighted by Gasteiger charge is -2.12. The highest BCUT2D eigenvalue weighted by Crippen LogP contribution is 2.35. The van der Waals surface area contributed by atoms with E-state index in [9.17, 15) is 9.50 Å². The number of hydrogen-bond acceptors (Lipinski definition) is 4. The number of nitrogens with zero attached hydrogens (tertiary/aromatic N) is 1. The molecule has 4 nitrogen and oxygen atoms in total. The first kappa shape index (κ1) is 14.6. The van der Waals surface area contributed by atoms with Gasteiger partial charge in [0.15, 0.2) is 11.5 Å². The van der Waals surface area contributed by atoms with Crippen LogP contribution in [0, 0.1) is 5.82 Å². The van der Waals surface area contributed by atoms with E-state index >= 15 is 0 Å². The van der Waals surface area contributed by atoms with Crippen LogP contribution in [0.3, 0.4) is 0 Å². The largest absolute Gasteiger partial charge is 0.504 e. The maximum absolute atomic E-state index is 14.0. The van der Waals surface area contributed by atoms with Crippen LogP contribution < -0.4 is 10.1 Å². The Morgan fingerprint density at radius 3 is 2.73 bits per heavy atom. The Kier molecular flexibility index (Phi) is 3.85. The molecule has 0 spiro atoms. The molecular weight excluding hydrogens is 351 g/mol. The molecule has 1 aromatic heterocycles. The van der Waals surface area contributed by atoms with Crippen LogP contribution in [0.1, 0.15) is 0 Å². The van der Waals surface area contributed by atoms with Gasteiger partial charge >= 0.3 is 0 Å². The molecule has 0 fully saturated rings. The normalized spacial score (nSPS) is 10.7. The van der Waals surface area contributed by atoms with E-state index < -0.39 is 0 Å². The number of aromatic hydroxyl groups is 1. The molecule has 2 aromatic carbocycles. The van der Waals surface area contributed by atoms with Crippen molar-refractivity contribution < 1.29 is 14.2 Å². The topological polar surface area (TPSA) is 54.4 Å². The van der Waals surface area contributed by atoms with E-state index in [1.807, 2.05) is 0 Å². The van der Waals surface area contributed by atoms with Crippen molar-refractivity contribution in [2.75, 3.05) is 12.4 Å². The Morgan fingerprint density at radius 2 is 2.00 bits per heavy atom. The average Bonchev–Trinajstić information content (AvgIpc) is 2.49. The van der Waals surface area contributed by atoms with Crippen molar-refractivity contribution in [1.82, 2.24) is 4.98 Å². The number of fused-ring (bicyclic) bond motifs is 1. The summed E-state index contributed by atoms with van der Waals surface area (Å²) < 4.78 is 19.8. The molecule has 2 N–H and O–H groups in total. The number of nitrogens with one attached hydrogen (secondary N) is 1. The lowest BCUT2D eigenvalue weighted by molar-refractivity contribution is 0.374. The fourth-order valence-electron chi connectivity index (χ4n) is 2.17. The summed E-state index contributed by atoms with van der Waals surface area (Å²) in [6, 6.07) is 9.69. The summed E-state index contributed by atoms with van der Waals surface area (Å²) in [6.45, 7) is 0. The fraction of sp³-hybridized carbons (Fsp3) is 0.0625. The molecule has 0 saturated carbocycles. The van der Waals surface area contributed by atoms with E-state index in [2.05, 4.69) is 26.2 Å². The number of methoxy groups -OCH3 is 1. The molecule has 0 atom stereocenters. The van der Waals surface area contributed by atoms with Crippen LogP contribution in [0.25, 0.3) is 10.9 Å². The number of phenols is 1. The Bertz CT molecular complexity index is 855. The van der Waals surface area contributed by atoms with E-state index in [4.69, 9.17) is 4.74 Å². The second kappa shape index (κ2) is 5.81. The van der Waals surface area contributed by atoms with Crippen molar-refractivity contribution in [3.63, 3.8) is 0 Å². The molecule has 0 unspecified atom stereocenters. The summed E-state index contributed by atoms with van der Waals surface area (Å²) in [7, 11) is 1.47. The molecular formula is C16H12BrFN2O2. The molecule has 0 bridgehead atoms. The summed E-state index contributed by atoms with van der Waals surface area (Å²) in [5.41, 5.74) is 1.60. The molecule has 0 aliphatic heterocycles. The van der Waals surface area contributed by atoms with Gasteiger partial charge in [0.1, 0.15) is 5.82 Å². The monoisotopic (exact) mass is 362 g/mol. The van der Waals surface area contributed by atoms with E-state index in [0.29, 0.717) is 27.1 Å². The zero-order valence-electron chi connectivity index (χ0n) is 11.6. The third-order valence-corrected chi connectivity index (χ3v) is 3.74. The molecule has 0 radical (unpaired) electrons. The zero-order valence-corrected chi connectivity index (χ0v) is 13.2. The Morgan fingerprint density at radius 1 is 1.18 bits per heavy atom. The first-order chi connectivity index (χ1) is 10.6. The number of ether oxygens (including phenoxy) is 1. The number of anilines is 2. The highest BCUT2D eigenvalue weighted by Gasteiger charge is 2.10. The Balaban J connectivity index is 2.10. The van der Waals surface area contributed by atoms with Crippen LogP contribution in [-0.2, 0) is 0 Å². The van der Waals surface area contributed by atoms with Crippen LogP contribution in [0.5, 0.6) is 11.5 Å². The van der Waals surface area contributed by atoms with Gasteiger partial charge in [0.25, 0.3) is 0 Å². The van der Waals surface area contributed by atoms with Crippen molar-refractivity contribution in [2.45, 2.75) is 0 Å². The molecule has 0 aliphatic rings. The Labute approximate surface area is 134 Å². The number of benzene rings is 2. The van der Waals surface area contributed by atoms with Gasteiger partial charge in [0, 0.05) is 27.8 Å². The molecule has 22 heavy (non-hydrogen) atoms. The Hall–Kier alpha value is -2.34. The fourth-order valence-corrected chi connectivity index (χ4v) is 2.50. The lowest BCUT2D eigenvalue weighted by atomic mass is 10.1. The molecule has 1 heterocycles. The summed E-state index contributed by atoms with van der Waals surface area (Å²) in [4.78, 5) is 4.20. The van der Waals surface area contributed by atoms with Crippen molar-refractivity contribution in [3.05, 3.63) is 52.9 Å². The van der Waals surface area contributed by atoms with Gasteiger partial charge in [-0.05, 0) is 30.3 Å². The second-order valence-corrected chi connectivity index (χ2v) is 5.56. The number of phenolic OH excluding ortho intramolecular Hbond substituents is 1. The second-order valence-electron chi connectivity index (χ2n) is 4.65. The van der Waals surface area contributed by atoms with Gasteiger partial charge in [-0.3, -0.25) is 4.98 Å². The number of halogens is 2. The summed E-state index contributed by atoms with van der Waals surface area (Å²) in [6.07, 6.45) is 1.59. The third kappa shape index (κ3) is 2.69. The van der Waals surface area contributed by atoms with Crippen LogP contribution in [0.2, 0.25) is 0 Å². The zero-order chi connectivity index (χ0) is 15.7. The van der Waals surface area contributed by atoms with Crippen LogP contribution in [0.15, 0.2) is 47.1 Å². The standard InChI is InChI=1S/C16H12BrFN2O2/c1-22-16-7-10-12(4-5-19-14(10)8-15(16)21)20-13-3-2-9(17)6-11(13)18/h2-8,21H,1H3,(H,19,20).